The molecule has 2 fully saturated rings. The van der Waals surface area contributed by atoms with Gasteiger partial charge in [-0.15, -0.1) is 0 Å². The molecule has 1 aliphatic carbocycles. The first-order valence-corrected chi connectivity index (χ1v) is 11.6. The van der Waals surface area contributed by atoms with Gasteiger partial charge in [0, 0.05) is 28.1 Å². The van der Waals surface area contributed by atoms with E-state index in [1.807, 2.05) is 24.3 Å². The standard InChI is InChI=1S/C27H23F5O4/c28-23-12-22(13-24(29)25(23)36-32)35-27(30,31)21-10-8-18(9-11-21)17-4-6-19(7-5-17)26-33-14-20(15-34-26)16-2-1-3-16/h4-13,16,20,26H,1-3,14-15H2. The van der Waals surface area contributed by atoms with Crippen molar-refractivity contribution in [2.75, 3.05) is 13.2 Å². The smallest absolute Gasteiger partial charge is 0.426 e. The summed E-state index contributed by atoms with van der Waals surface area (Å²) in [7, 11) is 0. The summed E-state index contributed by atoms with van der Waals surface area (Å²) in [5, 5.41) is 0. The van der Waals surface area contributed by atoms with Gasteiger partial charge in [0.15, 0.2) is 17.9 Å². The highest BCUT2D eigenvalue weighted by atomic mass is 19.3. The average Bonchev–Trinajstić information content (AvgIpc) is 2.83. The molecule has 3 aromatic rings. The van der Waals surface area contributed by atoms with Crippen LogP contribution in [0.25, 0.3) is 11.1 Å². The summed E-state index contributed by atoms with van der Waals surface area (Å²) in [5.41, 5.74) is 1.83. The van der Waals surface area contributed by atoms with Crippen LogP contribution in [-0.2, 0) is 15.6 Å². The van der Waals surface area contributed by atoms with E-state index in [0.29, 0.717) is 42.7 Å². The van der Waals surface area contributed by atoms with Crippen molar-refractivity contribution in [1.82, 2.24) is 0 Å². The Morgan fingerprint density at radius 3 is 1.83 bits per heavy atom. The average molecular weight is 506 g/mol. The molecule has 1 saturated carbocycles. The van der Waals surface area contributed by atoms with Crippen molar-refractivity contribution in [3.05, 3.63) is 83.4 Å². The molecule has 0 amide bonds. The second-order valence-corrected chi connectivity index (χ2v) is 9.06. The lowest BCUT2D eigenvalue weighted by atomic mass is 9.76. The molecule has 0 unspecified atom stereocenters. The van der Waals surface area contributed by atoms with Crippen molar-refractivity contribution < 1.29 is 41.2 Å². The summed E-state index contributed by atoms with van der Waals surface area (Å²) in [6.45, 7) is 1.36. The lowest BCUT2D eigenvalue weighted by molar-refractivity contribution is -0.216. The van der Waals surface area contributed by atoms with Crippen LogP contribution in [0, 0.1) is 23.5 Å². The highest BCUT2D eigenvalue weighted by Gasteiger charge is 2.35. The van der Waals surface area contributed by atoms with Crippen LogP contribution in [0.2, 0.25) is 0 Å². The predicted octanol–water partition coefficient (Wildman–Crippen LogP) is 7.49. The molecule has 5 rings (SSSR count). The van der Waals surface area contributed by atoms with Crippen molar-refractivity contribution in [3.8, 4) is 22.6 Å². The molecule has 36 heavy (non-hydrogen) atoms. The first-order valence-electron chi connectivity index (χ1n) is 11.6. The molecule has 0 spiro atoms. The van der Waals surface area contributed by atoms with E-state index in [2.05, 4.69) is 9.68 Å². The number of hydrogen-bond acceptors (Lipinski definition) is 4. The van der Waals surface area contributed by atoms with Crippen molar-refractivity contribution in [3.63, 3.8) is 0 Å². The molecule has 4 nitrogen and oxygen atoms in total. The molecule has 0 aromatic heterocycles. The zero-order valence-corrected chi connectivity index (χ0v) is 19.1. The van der Waals surface area contributed by atoms with E-state index >= 15 is 0 Å². The molecule has 0 radical (unpaired) electrons. The van der Waals surface area contributed by atoms with E-state index in [9.17, 15) is 22.1 Å². The minimum absolute atomic E-state index is 0.412. The Morgan fingerprint density at radius 1 is 0.778 bits per heavy atom. The Bertz CT molecular complexity index is 1160. The van der Waals surface area contributed by atoms with Gasteiger partial charge in [0.1, 0.15) is 5.75 Å². The Labute approximate surface area is 204 Å². The fourth-order valence-corrected chi connectivity index (χ4v) is 4.46. The Kier molecular flexibility index (Phi) is 6.85. The van der Waals surface area contributed by atoms with Crippen LogP contribution < -0.4 is 9.68 Å². The molecule has 1 saturated heterocycles. The molecule has 0 N–H and O–H groups in total. The minimum atomic E-state index is -3.90. The second-order valence-electron chi connectivity index (χ2n) is 9.06. The van der Waals surface area contributed by atoms with Crippen molar-refractivity contribution in [1.29, 1.82) is 0 Å². The number of halogens is 5. The molecule has 0 atom stereocenters. The SMILES string of the molecule is FOc1c(F)cc(OC(F)(F)c2ccc(-c3ccc(C4OCC(C5CCC5)CO4)cc3)cc2)cc1F. The summed E-state index contributed by atoms with van der Waals surface area (Å²) in [6, 6.07) is 13.6. The molecule has 2 aliphatic rings. The van der Waals surface area contributed by atoms with Crippen LogP contribution in [-0.4, -0.2) is 13.2 Å². The van der Waals surface area contributed by atoms with Gasteiger partial charge in [0.2, 0.25) is 5.75 Å². The zero-order chi connectivity index (χ0) is 25.3. The van der Waals surface area contributed by atoms with Gasteiger partial charge in [-0.25, -0.2) is 8.78 Å². The topological polar surface area (TPSA) is 36.9 Å². The van der Waals surface area contributed by atoms with E-state index in [-0.39, 0.29) is 0 Å². The van der Waals surface area contributed by atoms with Crippen LogP contribution >= 0.6 is 0 Å². The third kappa shape index (κ3) is 5.03. The van der Waals surface area contributed by atoms with E-state index in [1.54, 1.807) is 0 Å². The second kappa shape index (κ2) is 10.1. The number of hydrogen-bond donors (Lipinski definition) is 0. The summed E-state index contributed by atoms with van der Waals surface area (Å²) in [4.78, 5) is 3.05. The number of rotatable bonds is 7. The fraction of sp³-hybridized carbons (Fsp3) is 0.333. The number of benzene rings is 3. The molecule has 9 heteroatoms. The Balaban J connectivity index is 1.23. The normalized spacial score (nSPS) is 20.6. The monoisotopic (exact) mass is 506 g/mol. The quantitative estimate of drug-likeness (QED) is 0.311. The van der Waals surface area contributed by atoms with Crippen molar-refractivity contribution >= 4 is 0 Å². The first kappa shape index (κ1) is 24.5. The van der Waals surface area contributed by atoms with E-state index in [1.165, 1.54) is 31.4 Å². The summed E-state index contributed by atoms with van der Waals surface area (Å²) in [6.07, 6.45) is -0.551. The van der Waals surface area contributed by atoms with Gasteiger partial charge < -0.3 is 14.2 Å². The zero-order valence-electron chi connectivity index (χ0n) is 19.1. The molecular formula is C27H23F5O4. The predicted molar refractivity (Wildman–Crippen MR) is 120 cm³/mol. The highest BCUT2D eigenvalue weighted by Crippen LogP contribution is 2.38. The minimum Gasteiger partial charge on any atom is -0.429 e. The van der Waals surface area contributed by atoms with Gasteiger partial charge >= 0.3 is 6.11 Å². The molecule has 1 heterocycles. The number of ether oxygens (including phenoxy) is 3. The first-order chi connectivity index (χ1) is 17.3. The van der Waals surface area contributed by atoms with E-state index in [4.69, 9.17) is 9.47 Å². The van der Waals surface area contributed by atoms with Crippen molar-refractivity contribution in [2.45, 2.75) is 31.7 Å². The summed E-state index contributed by atoms with van der Waals surface area (Å²) in [5.74, 6) is -4.01. The van der Waals surface area contributed by atoms with E-state index < -0.39 is 41.1 Å². The van der Waals surface area contributed by atoms with Crippen molar-refractivity contribution in [2.24, 2.45) is 11.8 Å². The maximum Gasteiger partial charge on any atom is 0.426 e. The lowest BCUT2D eigenvalue weighted by Crippen LogP contribution is -2.35. The fourth-order valence-electron chi connectivity index (χ4n) is 4.46. The van der Waals surface area contributed by atoms with Gasteiger partial charge in [-0.3, -0.25) is 4.94 Å². The van der Waals surface area contributed by atoms with Gasteiger partial charge in [-0.05, 0) is 29.2 Å². The summed E-state index contributed by atoms with van der Waals surface area (Å²) < 4.78 is 84.8. The molecular weight excluding hydrogens is 483 g/mol. The van der Waals surface area contributed by atoms with Gasteiger partial charge in [-0.1, -0.05) is 55.7 Å². The van der Waals surface area contributed by atoms with Gasteiger partial charge in [0.25, 0.3) is 0 Å². The maximum absolute atomic E-state index is 14.6. The van der Waals surface area contributed by atoms with Crippen LogP contribution in [0.3, 0.4) is 0 Å². The molecule has 190 valence electrons. The third-order valence-corrected chi connectivity index (χ3v) is 6.77. The largest absolute Gasteiger partial charge is 0.429 e. The Hall–Kier alpha value is -3.17. The molecule has 0 bridgehead atoms. The molecule has 3 aromatic carbocycles. The van der Waals surface area contributed by atoms with Gasteiger partial charge in [0.05, 0.1) is 18.8 Å². The molecule has 1 aliphatic heterocycles. The van der Waals surface area contributed by atoms with Crippen LogP contribution in [0.15, 0.2) is 60.7 Å². The Morgan fingerprint density at radius 2 is 1.33 bits per heavy atom. The maximum atomic E-state index is 14.6. The van der Waals surface area contributed by atoms with Gasteiger partial charge in [-0.2, -0.15) is 8.78 Å². The van der Waals surface area contributed by atoms with Crippen LogP contribution in [0.5, 0.6) is 11.5 Å². The summed E-state index contributed by atoms with van der Waals surface area (Å²) >= 11 is 0. The number of alkyl halides is 2. The van der Waals surface area contributed by atoms with E-state index in [0.717, 1.165) is 23.3 Å². The van der Waals surface area contributed by atoms with Crippen LogP contribution in [0.1, 0.15) is 36.7 Å². The lowest BCUT2D eigenvalue weighted by Gasteiger charge is -2.38. The van der Waals surface area contributed by atoms with Crippen LogP contribution in [0.4, 0.5) is 22.1 Å². The third-order valence-electron chi connectivity index (χ3n) is 6.77. The highest BCUT2D eigenvalue weighted by molar-refractivity contribution is 5.64.